The van der Waals surface area contributed by atoms with E-state index in [1.165, 1.54) is 0 Å². The van der Waals surface area contributed by atoms with Crippen molar-refractivity contribution >= 4 is 22.0 Å². The van der Waals surface area contributed by atoms with Crippen LogP contribution in [0.4, 0.5) is 0 Å². The molecule has 0 aromatic heterocycles. The van der Waals surface area contributed by atoms with E-state index in [0.29, 0.717) is 0 Å². The van der Waals surface area contributed by atoms with Gasteiger partial charge in [-0.05, 0) is 0 Å². The lowest BCUT2D eigenvalue weighted by Crippen LogP contribution is -2.55. The van der Waals surface area contributed by atoms with E-state index in [1.54, 1.807) is 0 Å². The van der Waals surface area contributed by atoms with Crippen LogP contribution in [0.5, 0.6) is 0 Å². The molecule has 0 amide bonds. The van der Waals surface area contributed by atoms with Crippen LogP contribution in [-0.2, 0) is 24.2 Å². The molecule has 0 heterocycles. The van der Waals surface area contributed by atoms with Crippen LogP contribution in [0.1, 0.15) is 6.92 Å². The van der Waals surface area contributed by atoms with Crippen molar-refractivity contribution in [2.75, 3.05) is 6.61 Å². The van der Waals surface area contributed by atoms with Gasteiger partial charge in [-0.3, -0.25) is 14.1 Å². The Morgan fingerprint density at radius 2 is 1.79 bits per heavy atom. The number of nitrogens with two attached hydrogens (primary N) is 1. The predicted octanol–water partition coefficient (Wildman–Crippen LogP) is -3.63. The van der Waals surface area contributed by atoms with Crippen molar-refractivity contribution in [1.29, 1.82) is 0 Å². The largest absolute Gasteiger partial charge is 0.397 e. The molecule has 0 aliphatic heterocycles. The first-order valence-corrected chi connectivity index (χ1v) is 6.30. The summed E-state index contributed by atoms with van der Waals surface area (Å²) in [7, 11) is -5.11. The third kappa shape index (κ3) is 5.69. The summed E-state index contributed by atoms with van der Waals surface area (Å²) in [6.07, 6.45) is -6.14. The monoisotopic (exact) mass is 301 g/mol. The summed E-state index contributed by atoms with van der Waals surface area (Å²) < 4.78 is 33.6. The summed E-state index contributed by atoms with van der Waals surface area (Å²) in [6, 6.07) is -1.95. The van der Waals surface area contributed by atoms with Gasteiger partial charge < -0.3 is 21.1 Å². The van der Waals surface area contributed by atoms with E-state index in [9.17, 15) is 23.1 Å². The first-order chi connectivity index (χ1) is 8.51. The lowest BCUT2D eigenvalue weighted by Gasteiger charge is -2.27. The molecule has 6 N–H and O–H groups in total. The van der Waals surface area contributed by atoms with E-state index in [2.05, 4.69) is 4.18 Å². The molecule has 0 saturated carbocycles. The van der Waals surface area contributed by atoms with E-state index in [0.717, 1.165) is 6.92 Å². The number of hydrogen-bond donors (Lipinski definition) is 5. The van der Waals surface area contributed by atoms with Crippen LogP contribution < -0.4 is 5.73 Å². The first kappa shape index (κ1) is 18.0. The number of aliphatic hydroxyl groups is 3. The highest BCUT2D eigenvalue weighted by molar-refractivity contribution is 7.80. The van der Waals surface area contributed by atoms with E-state index in [4.69, 9.17) is 20.5 Å². The van der Waals surface area contributed by atoms with Crippen LogP contribution in [0, 0.1) is 0 Å². The number of carbonyl (C=O) groups is 2. The second-order valence-corrected chi connectivity index (χ2v) is 4.72. The van der Waals surface area contributed by atoms with Crippen LogP contribution >= 0.6 is 0 Å². The molecule has 0 saturated heterocycles. The van der Waals surface area contributed by atoms with Gasteiger partial charge in [0.25, 0.3) is 0 Å². The van der Waals surface area contributed by atoms with Gasteiger partial charge >= 0.3 is 10.4 Å². The van der Waals surface area contributed by atoms with Gasteiger partial charge in [-0.1, -0.05) is 0 Å². The molecule has 0 spiro atoms. The van der Waals surface area contributed by atoms with E-state index in [-0.39, 0.29) is 0 Å². The number of rotatable bonds is 8. The molecule has 11 heteroatoms. The Morgan fingerprint density at radius 1 is 1.32 bits per heavy atom. The minimum Gasteiger partial charge on any atom is -0.394 e. The molecule has 0 aromatic rings. The van der Waals surface area contributed by atoms with E-state index < -0.39 is 52.9 Å². The Bertz CT molecular complexity index is 434. The molecule has 112 valence electrons. The number of ketones is 2. The summed E-state index contributed by atoms with van der Waals surface area (Å²) in [6.45, 7) is -0.144. The second-order valence-electron chi connectivity index (χ2n) is 3.68. The van der Waals surface area contributed by atoms with Crippen LogP contribution in [0.2, 0.25) is 0 Å². The molecule has 0 fully saturated rings. The van der Waals surface area contributed by atoms with Gasteiger partial charge in [0.05, 0.1) is 6.61 Å². The molecule has 0 unspecified atom stereocenters. The van der Waals surface area contributed by atoms with Crippen molar-refractivity contribution in [2.45, 2.75) is 31.3 Å². The van der Waals surface area contributed by atoms with Crippen molar-refractivity contribution in [3.8, 4) is 0 Å². The third-order valence-electron chi connectivity index (χ3n) is 2.15. The average molecular weight is 301 g/mol. The molecular formula is C8H15NO9S. The normalized spacial score (nSPS) is 18.4. The number of hydrogen-bond acceptors (Lipinski definition) is 9. The number of carbonyl (C=O) groups excluding carboxylic acids is 2. The highest BCUT2D eigenvalue weighted by Gasteiger charge is 2.39. The minimum absolute atomic E-state index is 0.849. The predicted molar refractivity (Wildman–Crippen MR) is 59.2 cm³/mol. The summed E-state index contributed by atoms with van der Waals surface area (Å²) in [5.41, 5.74) is 5.24. The second kappa shape index (κ2) is 7.00. The Morgan fingerprint density at radius 3 is 2.11 bits per heavy atom. The Labute approximate surface area is 108 Å². The molecule has 0 bridgehead atoms. The first-order valence-electron chi connectivity index (χ1n) is 4.94. The summed E-state index contributed by atoms with van der Waals surface area (Å²) in [5, 5.41) is 27.3. The van der Waals surface area contributed by atoms with Crippen LogP contribution in [0.3, 0.4) is 0 Å². The quantitative estimate of drug-likeness (QED) is 0.221. The molecule has 4 atom stereocenters. The molecule has 0 radical (unpaired) electrons. The van der Waals surface area contributed by atoms with Crippen molar-refractivity contribution in [2.24, 2.45) is 5.73 Å². The number of Topliss-reactive ketones (excluding diaryl/α,β-unsaturated/α-hetero) is 2. The maximum absolute atomic E-state index is 11.3. The highest BCUT2D eigenvalue weighted by atomic mass is 32.3. The zero-order valence-electron chi connectivity index (χ0n) is 9.83. The molecule has 10 nitrogen and oxygen atoms in total. The summed E-state index contributed by atoms with van der Waals surface area (Å²) >= 11 is 0. The zero-order chi connectivity index (χ0) is 15.4. The van der Waals surface area contributed by atoms with Gasteiger partial charge in [-0.2, -0.15) is 8.42 Å². The zero-order valence-corrected chi connectivity index (χ0v) is 10.6. The minimum atomic E-state index is -5.11. The molecule has 0 aliphatic carbocycles. The fourth-order valence-electron chi connectivity index (χ4n) is 1.18. The number of aliphatic hydroxyl groups excluding tert-OH is 3. The summed E-state index contributed by atoms with van der Waals surface area (Å²) in [5.74, 6) is -2.32. The molecule has 19 heavy (non-hydrogen) atoms. The van der Waals surface area contributed by atoms with Crippen molar-refractivity contribution < 1.29 is 42.1 Å². The van der Waals surface area contributed by atoms with Gasteiger partial charge in [-0.25, -0.2) is 4.18 Å². The Kier molecular flexibility index (Phi) is 6.65. The lowest BCUT2D eigenvalue weighted by atomic mass is 9.97. The van der Waals surface area contributed by atoms with Gasteiger partial charge in [0.1, 0.15) is 24.4 Å². The molecular weight excluding hydrogens is 286 g/mol. The Balaban J connectivity index is 5.27. The van der Waals surface area contributed by atoms with E-state index >= 15 is 0 Å². The fourth-order valence-corrected chi connectivity index (χ4v) is 1.69. The van der Waals surface area contributed by atoms with Gasteiger partial charge in [0.15, 0.2) is 5.78 Å². The molecule has 0 aliphatic rings. The lowest BCUT2D eigenvalue weighted by molar-refractivity contribution is -0.140. The fraction of sp³-hybridized carbons (Fsp3) is 0.750. The molecule has 0 aromatic carbocycles. The maximum atomic E-state index is 11.3. The standard InChI is InChI=1S/C8H15NO9S/c1-3(11)6(13)5(9)8(18-19(15,16)17)7(14)4(12)2-10/h4-5,7-8,10,12,14H,2,9H2,1H3,(H,15,16,17)/t4-,5+,7-,8-/m1/s1. The van der Waals surface area contributed by atoms with Crippen molar-refractivity contribution in [3.63, 3.8) is 0 Å². The third-order valence-corrected chi connectivity index (χ3v) is 2.62. The SMILES string of the molecule is CC(=O)C(=O)[C@H](N)[C@@H](OS(=O)(=O)O)[C@H](O)[C@H](O)CO. The van der Waals surface area contributed by atoms with E-state index in [1.807, 2.05) is 0 Å². The topological polar surface area (TPSA) is 184 Å². The molecule has 0 rings (SSSR count). The smallest absolute Gasteiger partial charge is 0.394 e. The van der Waals surface area contributed by atoms with Crippen molar-refractivity contribution in [1.82, 2.24) is 0 Å². The van der Waals surface area contributed by atoms with Crippen LogP contribution in [0.25, 0.3) is 0 Å². The van der Waals surface area contributed by atoms with Crippen LogP contribution in [-0.4, -0.2) is 70.8 Å². The Hall–Kier alpha value is -0.950. The van der Waals surface area contributed by atoms with Crippen molar-refractivity contribution in [3.05, 3.63) is 0 Å². The maximum Gasteiger partial charge on any atom is 0.397 e. The average Bonchev–Trinajstić information content (AvgIpc) is 2.30. The highest BCUT2D eigenvalue weighted by Crippen LogP contribution is 2.12. The van der Waals surface area contributed by atoms with Gasteiger partial charge in [0, 0.05) is 6.92 Å². The van der Waals surface area contributed by atoms with Crippen LogP contribution in [0.15, 0.2) is 0 Å². The van der Waals surface area contributed by atoms with Gasteiger partial charge in [0.2, 0.25) is 5.78 Å². The van der Waals surface area contributed by atoms with Gasteiger partial charge in [-0.15, -0.1) is 0 Å². The summed E-state index contributed by atoms with van der Waals surface area (Å²) in [4.78, 5) is 22.1.